The molecule has 0 radical (unpaired) electrons. The van der Waals surface area contributed by atoms with Gasteiger partial charge in [0, 0.05) is 16.8 Å². The summed E-state index contributed by atoms with van der Waals surface area (Å²) in [5.41, 5.74) is 5.07. The summed E-state index contributed by atoms with van der Waals surface area (Å²) in [6.07, 6.45) is 2.80. The van der Waals surface area contributed by atoms with Crippen molar-refractivity contribution in [2.45, 2.75) is 19.3 Å². The topological polar surface area (TPSA) is 84.1 Å². The highest BCUT2D eigenvalue weighted by molar-refractivity contribution is 5.61. The molecular formula is C13H13FN4O. The molecule has 3 rings (SSSR count). The average Bonchev–Trinajstić information content (AvgIpc) is 2.89. The number of hydrogen-bond acceptors (Lipinski definition) is 5. The number of anilines is 1. The van der Waals surface area contributed by atoms with E-state index in [0.29, 0.717) is 17.2 Å². The van der Waals surface area contributed by atoms with Crippen LogP contribution in [0.5, 0.6) is 5.75 Å². The largest absolute Gasteiger partial charge is 0.505 e. The number of hydrogen-bond donors (Lipinski definition) is 3. The zero-order chi connectivity index (χ0) is 13.4. The van der Waals surface area contributed by atoms with Gasteiger partial charge in [-0.25, -0.2) is 20.2 Å². The van der Waals surface area contributed by atoms with Crippen molar-refractivity contribution in [1.82, 2.24) is 9.97 Å². The Morgan fingerprint density at radius 1 is 1.26 bits per heavy atom. The second-order valence-corrected chi connectivity index (χ2v) is 4.49. The van der Waals surface area contributed by atoms with E-state index in [-0.39, 0.29) is 5.75 Å². The van der Waals surface area contributed by atoms with Crippen molar-refractivity contribution in [3.63, 3.8) is 0 Å². The van der Waals surface area contributed by atoms with Crippen molar-refractivity contribution >= 4 is 5.82 Å². The van der Waals surface area contributed by atoms with Crippen molar-refractivity contribution in [1.29, 1.82) is 0 Å². The first-order valence-electron chi connectivity index (χ1n) is 6.04. The number of nitrogens with zero attached hydrogens (tertiary/aromatic N) is 2. The molecule has 0 bridgehead atoms. The van der Waals surface area contributed by atoms with Crippen LogP contribution in [0, 0.1) is 5.82 Å². The lowest BCUT2D eigenvalue weighted by atomic mass is 10.1. The number of halogens is 1. The molecule has 1 aromatic heterocycles. The normalized spacial score (nSPS) is 13.4. The van der Waals surface area contributed by atoms with E-state index >= 15 is 0 Å². The van der Waals surface area contributed by atoms with Crippen molar-refractivity contribution in [2.24, 2.45) is 5.84 Å². The number of hydrazine groups is 1. The van der Waals surface area contributed by atoms with E-state index in [1.54, 1.807) is 6.07 Å². The molecule has 0 saturated carbocycles. The molecule has 19 heavy (non-hydrogen) atoms. The molecule has 98 valence electrons. The highest BCUT2D eigenvalue weighted by Gasteiger charge is 2.19. The van der Waals surface area contributed by atoms with Crippen LogP contribution < -0.4 is 11.3 Å². The van der Waals surface area contributed by atoms with Crippen molar-refractivity contribution < 1.29 is 9.50 Å². The second-order valence-electron chi connectivity index (χ2n) is 4.49. The summed E-state index contributed by atoms with van der Waals surface area (Å²) in [6, 6.07) is 4.08. The summed E-state index contributed by atoms with van der Waals surface area (Å²) in [6.45, 7) is 0. The maximum Gasteiger partial charge on any atom is 0.165 e. The summed E-state index contributed by atoms with van der Waals surface area (Å²) in [5.74, 6) is 5.39. The molecule has 0 unspecified atom stereocenters. The van der Waals surface area contributed by atoms with Gasteiger partial charge in [-0.1, -0.05) is 0 Å². The van der Waals surface area contributed by atoms with E-state index in [1.807, 2.05) is 0 Å². The number of nitrogen functional groups attached to an aromatic ring is 1. The number of rotatable bonds is 2. The SMILES string of the molecule is NNc1nc(-c2ccc(O)c(F)c2)nc2c1CCC2. The van der Waals surface area contributed by atoms with Gasteiger partial charge in [-0.2, -0.15) is 0 Å². The smallest absolute Gasteiger partial charge is 0.165 e. The maximum absolute atomic E-state index is 13.4. The van der Waals surface area contributed by atoms with E-state index in [4.69, 9.17) is 5.84 Å². The molecule has 4 N–H and O–H groups in total. The number of phenolic OH excluding ortho intramolecular Hbond substituents is 1. The Balaban J connectivity index is 2.12. The number of aromatic nitrogens is 2. The Morgan fingerprint density at radius 2 is 2.11 bits per heavy atom. The minimum absolute atomic E-state index is 0.387. The highest BCUT2D eigenvalue weighted by Crippen LogP contribution is 2.29. The van der Waals surface area contributed by atoms with Crippen LogP contribution in [0.25, 0.3) is 11.4 Å². The monoisotopic (exact) mass is 260 g/mol. The minimum Gasteiger partial charge on any atom is -0.505 e. The van der Waals surface area contributed by atoms with Crippen molar-refractivity contribution in [3.8, 4) is 17.1 Å². The van der Waals surface area contributed by atoms with E-state index in [2.05, 4.69) is 15.4 Å². The first-order valence-corrected chi connectivity index (χ1v) is 6.04. The number of aromatic hydroxyl groups is 1. The van der Waals surface area contributed by atoms with Gasteiger partial charge in [-0.15, -0.1) is 0 Å². The molecule has 1 heterocycles. The molecule has 0 aliphatic heterocycles. The molecule has 0 spiro atoms. The fraction of sp³-hybridized carbons (Fsp3) is 0.231. The van der Waals surface area contributed by atoms with Crippen LogP contribution in [0.4, 0.5) is 10.2 Å². The predicted octanol–water partition coefficient (Wildman–Crippen LogP) is 1.76. The van der Waals surface area contributed by atoms with Gasteiger partial charge in [0.25, 0.3) is 0 Å². The fourth-order valence-electron chi connectivity index (χ4n) is 2.33. The molecular weight excluding hydrogens is 247 g/mol. The lowest BCUT2D eigenvalue weighted by Gasteiger charge is -2.09. The van der Waals surface area contributed by atoms with Crippen LogP contribution >= 0.6 is 0 Å². The molecule has 1 aliphatic rings. The summed E-state index contributed by atoms with van der Waals surface area (Å²) in [7, 11) is 0. The maximum atomic E-state index is 13.4. The third-order valence-electron chi connectivity index (χ3n) is 3.28. The molecule has 2 aromatic rings. The number of nitrogens with one attached hydrogen (secondary N) is 1. The van der Waals surface area contributed by atoms with Crippen LogP contribution in [0.2, 0.25) is 0 Å². The second kappa shape index (κ2) is 4.47. The van der Waals surface area contributed by atoms with Gasteiger partial charge in [0.05, 0.1) is 0 Å². The van der Waals surface area contributed by atoms with Gasteiger partial charge in [-0.3, -0.25) is 0 Å². The summed E-state index contributed by atoms with van der Waals surface area (Å²) < 4.78 is 13.4. The van der Waals surface area contributed by atoms with Crippen LogP contribution in [0.15, 0.2) is 18.2 Å². The third-order valence-corrected chi connectivity index (χ3v) is 3.28. The summed E-state index contributed by atoms with van der Waals surface area (Å²) in [5, 5.41) is 9.20. The van der Waals surface area contributed by atoms with Crippen molar-refractivity contribution in [3.05, 3.63) is 35.3 Å². The van der Waals surface area contributed by atoms with Crippen LogP contribution in [0.1, 0.15) is 17.7 Å². The molecule has 0 amide bonds. The van der Waals surface area contributed by atoms with Gasteiger partial charge in [-0.05, 0) is 37.5 Å². The quantitative estimate of drug-likeness (QED) is 0.566. The number of phenols is 1. The number of nitrogens with two attached hydrogens (primary N) is 1. The Morgan fingerprint density at radius 3 is 2.84 bits per heavy atom. The summed E-state index contributed by atoms with van der Waals surface area (Å²) >= 11 is 0. The molecule has 0 atom stereocenters. The molecule has 1 aromatic carbocycles. The first-order chi connectivity index (χ1) is 9.19. The van der Waals surface area contributed by atoms with E-state index in [1.165, 1.54) is 12.1 Å². The van der Waals surface area contributed by atoms with Gasteiger partial charge >= 0.3 is 0 Å². The Labute approximate surface area is 109 Å². The standard InChI is InChI=1S/C13H13FN4O/c14-9-6-7(4-5-11(9)19)12-16-10-3-1-2-8(10)13(17-12)18-15/h4-6,19H,1-3,15H2,(H,16,17,18). The van der Waals surface area contributed by atoms with E-state index in [9.17, 15) is 9.50 Å². The molecule has 1 aliphatic carbocycles. The zero-order valence-corrected chi connectivity index (χ0v) is 10.2. The lowest BCUT2D eigenvalue weighted by molar-refractivity contribution is 0.432. The Hall–Kier alpha value is -2.21. The Kier molecular flexibility index (Phi) is 2.79. The minimum atomic E-state index is -0.691. The van der Waals surface area contributed by atoms with Gasteiger partial charge in [0.2, 0.25) is 0 Å². The number of fused-ring (bicyclic) bond motifs is 1. The molecule has 0 saturated heterocycles. The Bertz CT molecular complexity index is 645. The van der Waals surface area contributed by atoms with Gasteiger partial charge in [0.15, 0.2) is 17.4 Å². The van der Waals surface area contributed by atoms with E-state index < -0.39 is 5.82 Å². The number of aryl methyl sites for hydroxylation is 1. The predicted molar refractivity (Wildman–Crippen MR) is 68.9 cm³/mol. The highest BCUT2D eigenvalue weighted by atomic mass is 19.1. The zero-order valence-electron chi connectivity index (χ0n) is 10.2. The van der Waals surface area contributed by atoms with Crippen LogP contribution in [0.3, 0.4) is 0 Å². The van der Waals surface area contributed by atoms with Gasteiger partial charge < -0.3 is 10.5 Å². The number of benzene rings is 1. The van der Waals surface area contributed by atoms with Gasteiger partial charge in [0.1, 0.15) is 5.82 Å². The van der Waals surface area contributed by atoms with Crippen LogP contribution in [-0.4, -0.2) is 15.1 Å². The fourth-order valence-corrected chi connectivity index (χ4v) is 2.33. The molecule has 5 nitrogen and oxygen atoms in total. The van der Waals surface area contributed by atoms with Crippen molar-refractivity contribution in [2.75, 3.05) is 5.43 Å². The summed E-state index contributed by atoms with van der Waals surface area (Å²) in [4.78, 5) is 8.76. The third kappa shape index (κ3) is 2.00. The van der Waals surface area contributed by atoms with Crippen LogP contribution in [-0.2, 0) is 12.8 Å². The average molecular weight is 260 g/mol. The lowest BCUT2D eigenvalue weighted by Crippen LogP contribution is -2.12. The van der Waals surface area contributed by atoms with E-state index in [0.717, 1.165) is 30.5 Å². The molecule has 0 fully saturated rings. The molecule has 6 heteroatoms. The first kappa shape index (κ1) is 11.9.